The van der Waals surface area contributed by atoms with E-state index >= 15 is 0 Å². The summed E-state index contributed by atoms with van der Waals surface area (Å²) < 4.78 is 5.12. The molecule has 27 heavy (non-hydrogen) atoms. The molecular weight excluding hydrogens is 342 g/mol. The minimum absolute atomic E-state index is 0.169. The van der Waals surface area contributed by atoms with Crippen LogP contribution in [0, 0.1) is 0 Å². The van der Waals surface area contributed by atoms with E-state index in [1.54, 1.807) is 19.2 Å². The number of hydrazone groups is 1. The molecule has 2 N–H and O–H groups in total. The zero-order valence-electron chi connectivity index (χ0n) is 14.8. The molecule has 6 nitrogen and oxygen atoms in total. The molecule has 0 aliphatic rings. The molecule has 0 spiro atoms. The molecule has 0 aliphatic carbocycles. The van der Waals surface area contributed by atoms with Gasteiger partial charge in [-0.2, -0.15) is 5.10 Å². The predicted molar refractivity (Wildman–Crippen MR) is 105 cm³/mol. The summed E-state index contributed by atoms with van der Waals surface area (Å²) in [6.45, 7) is -0.169. The number of fused-ring (bicyclic) bond motifs is 1. The van der Waals surface area contributed by atoms with Crippen LogP contribution in [0.2, 0.25) is 0 Å². The van der Waals surface area contributed by atoms with Gasteiger partial charge in [-0.1, -0.05) is 48.5 Å². The summed E-state index contributed by atoms with van der Waals surface area (Å²) in [7, 11) is 1.58. The third-order valence-corrected chi connectivity index (χ3v) is 3.94. The van der Waals surface area contributed by atoms with Crippen molar-refractivity contribution in [2.24, 2.45) is 5.10 Å². The predicted octanol–water partition coefficient (Wildman–Crippen LogP) is 2.73. The molecule has 0 bridgehead atoms. The highest BCUT2D eigenvalue weighted by molar-refractivity contribution is 6.07. The fraction of sp³-hybridized carbons (Fsp3) is 0.0952. The lowest BCUT2D eigenvalue weighted by molar-refractivity contribution is -0.120. The standard InChI is InChI=1S/C21H19N3O3/c1-27-17-9-4-6-15(12-17)13-23-24-20(25)14-22-21(26)19-11-5-8-16-7-2-3-10-18(16)19/h2-13H,14H2,1H3,(H,22,26)(H,24,25)/b23-13-. The summed E-state index contributed by atoms with van der Waals surface area (Å²) in [6.07, 6.45) is 1.51. The molecule has 0 aliphatic heterocycles. The van der Waals surface area contributed by atoms with Crippen LogP contribution in [0.25, 0.3) is 10.8 Å². The number of methoxy groups -OCH3 is 1. The summed E-state index contributed by atoms with van der Waals surface area (Å²) in [5.41, 5.74) is 3.70. The lowest BCUT2D eigenvalue weighted by Gasteiger charge is -2.07. The van der Waals surface area contributed by atoms with Gasteiger partial charge in [-0.25, -0.2) is 5.43 Å². The van der Waals surface area contributed by atoms with E-state index in [9.17, 15) is 9.59 Å². The molecule has 0 unspecified atom stereocenters. The van der Waals surface area contributed by atoms with E-state index in [-0.39, 0.29) is 12.5 Å². The van der Waals surface area contributed by atoms with Gasteiger partial charge in [0, 0.05) is 5.56 Å². The maximum atomic E-state index is 12.4. The van der Waals surface area contributed by atoms with E-state index in [0.29, 0.717) is 11.3 Å². The molecule has 0 heterocycles. The first-order valence-corrected chi connectivity index (χ1v) is 8.39. The van der Waals surface area contributed by atoms with Gasteiger partial charge in [-0.05, 0) is 34.5 Å². The molecule has 3 aromatic carbocycles. The Bertz CT molecular complexity index is 993. The van der Waals surface area contributed by atoms with Crippen molar-refractivity contribution in [3.63, 3.8) is 0 Å². The molecular formula is C21H19N3O3. The number of nitrogens with one attached hydrogen (secondary N) is 2. The van der Waals surface area contributed by atoms with Gasteiger partial charge in [0.15, 0.2) is 0 Å². The number of hydrogen-bond donors (Lipinski definition) is 2. The highest BCUT2D eigenvalue weighted by Crippen LogP contribution is 2.18. The molecule has 0 saturated carbocycles. The zero-order valence-corrected chi connectivity index (χ0v) is 14.8. The van der Waals surface area contributed by atoms with Gasteiger partial charge >= 0.3 is 0 Å². The minimum atomic E-state index is -0.414. The molecule has 2 amide bonds. The molecule has 136 valence electrons. The van der Waals surface area contributed by atoms with Crippen molar-refractivity contribution in [3.8, 4) is 5.75 Å². The molecule has 0 saturated heterocycles. The fourth-order valence-corrected chi connectivity index (χ4v) is 2.62. The van der Waals surface area contributed by atoms with E-state index in [1.165, 1.54) is 6.21 Å². The van der Waals surface area contributed by atoms with Crippen molar-refractivity contribution < 1.29 is 14.3 Å². The first-order valence-electron chi connectivity index (χ1n) is 8.39. The largest absolute Gasteiger partial charge is 0.497 e. The van der Waals surface area contributed by atoms with Gasteiger partial charge in [0.2, 0.25) is 0 Å². The number of nitrogens with zero attached hydrogens (tertiary/aromatic N) is 1. The molecule has 0 radical (unpaired) electrons. The van der Waals surface area contributed by atoms with Crippen molar-refractivity contribution in [2.45, 2.75) is 0 Å². The third kappa shape index (κ3) is 4.70. The number of amides is 2. The second kappa shape index (κ2) is 8.62. The molecule has 6 heteroatoms. The van der Waals surface area contributed by atoms with E-state index in [2.05, 4.69) is 15.8 Å². The lowest BCUT2D eigenvalue weighted by Crippen LogP contribution is -2.35. The van der Waals surface area contributed by atoms with E-state index < -0.39 is 5.91 Å². The van der Waals surface area contributed by atoms with Crippen LogP contribution in [0.4, 0.5) is 0 Å². The number of hydrogen-bond acceptors (Lipinski definition) is 4. The Morgan fingerprint density at radius 2 is 1.81 bits per heavy atom. The summed E-state index contributed by atoms with van der Waals surface area (Å²) in [5.74, 6) is -0.0194. The van der Waals surface area contributed by atoms with Crippen LogP contribution in [0.15, 0.2) is 71.8 Å². The second-order valence-electron chi connectivity index (χ2n) is 5.78. The molecule has 0 fully saturated rings. The smallest absolute Gasteiger partial charge is 0.259 e. The van der Waals surface area contributed by atoms with Crippen molar-refractivity contribution in [3.05, 3.63) is 77.9 Å². The van der Waals surface area contributed by atoms with Gasteiger partial charge in [-0.15, -0.1) is 0 Å². The lowest BCUT2D eigenvalue weighted by atomic mass is 10.0. The third-order valence-electron chi connectivity index (χ3n) is 3.94. The first kappa shape index (κ1) is 18.1. The molecule has 0 atom stereocenters. The van der Waals surface area contributed by atoms with Crippen LogP contribution in [0.3, 0.4) is 0 Å². The van der Waals surface area contributed by atoms with Crippen LogP contribution < -0.4 is 15.5 Å². The van der Waals surface area contributed by atoms with Crippen LogP contribution in [0.5, 0.6) is 5.75 Å². The SMILES string of the molecule is COc1cccc(/C=N\NC(=O)CNC(=O)c2cccc3ccccc23)c1. The van der Waals surface area contributed by atoms with Gasteiger partial charge in [0.05, 0.1) is 19.9 Å². The average molecular weight is 361 g/mol. The number of benzene rings is 3. The number of carbonyl (C=O) groups is 2. The zero-order chi connectivity index (χ0) is 19.1. The Balaban J connectivity index is 1.55. The van der Waals surface area contributed by atoms with Gasteiger partial charge in [0.1, 0.15) is 5.75 Å². The summed E-state index contributed by atoms with van der Waals surface area (Å²) in [4.78, 5) is 24.3. The highest BCUT2D eigenvalue weighted by Gasteiger charge is 2.10. The number of ether oxygens (including phenoxy) is 1. The van der Waals surface area contributed by atoms with Gasteiger partial charge in [-0.3, -0.25) is 9.59 Å². The summed E-state index contributed by atoms with van der Waals surface area (Å²) in [6, 6.07) is 20.4. The monoisotopic (exact) mass is 361 g/mol. The van der Waals surface area contributed by atoms with Crippen LogP contribution in [-0.2, 0) is 4.79 Å². The Labute approximate surface area is 156 Å². The average Bonchev–Trinajstić information content (AvgIpc) is 2.71. The Morgan fingerprint density at radius 3 is 2.67 bits per heavy atom. The summed E-state index contributed by atoms with van der Waals surface area (Å²) in [5, 5.41) is 8.31. The maximum absolute atomic E-state index is 12.4. The highest BCUT2D eigenvalue weighted by atomic mass is 16.5. The normalized spacial score (nSPS) is 10.7. The Hall–Kier alpha value is -3.67. The number of carbonyl (C=O) groups excluding carboxylic acids is 2. The Morgan fingerprint density at radius 1 is 1.04 bits per heavy atom. The fourth-order valence-electron chi connectivity index (χ4n) is 2.62. The second-order valence-corrected chi connectivity index (χ2v) is 5.78. The van der Waals surface area contributed by atoms with Gasteiger partial charge < -0.3 is 10.1 Å². The minimum Gasteiger partial charge on any atom is -0.497 e. The van der Waals surface area contributed by atoms with Crippen molar-refractivity contribution in [1.29, 1.82) is 0 Å². The number of rotatable bonds is 6. The van der Waals surface area contributed by atoms with E-state index in [0.717, 1.165) is 16.3 Å². The van der Waals surface area contributed by atoms with Crippen molar-refractivity contribution in [1.82, 2.24) is 10.7 Å². The molecule has 0 aromatic heterocycles. The summed E-state index contributed by atoms with van der Waals surface area (Å²) >= 11 is 0. The molecule has 3 aromatic rings. The topological polar surface area (TPSA) is 79.8 Å². The van der Waals surface area contributed by atoms with Crippen LogP contribution >= 0.6 is 0 Å². The quantitative estimate of drug-likeness (QED) is 0.523. The van der Waals surface area contributed by atoms with E-state index in [4.69, 9.17) is 4.74 Å². The van der Waals surface area contributed by atoms with Crippen molar-refractivity contribution >= 4 is 28.8 Å². The van der Waals surface area contributed by atoms with E-state index in [1.807, 2.05) is 54.6 Å². The van der Waals surface area contributed by atoms with Crippen LogP contribution in [0.1, 0.15) is 15.9 Å². The maximum Gasteiger partial charge on any atom is 0.259 e. The Kier molecular flexibility index (Phi) is 5.79. The van der Waals surface area contributed by atoms with Gasteiger partial charge in [0.25, 0.3) is 11.8 Å². The molecule has 3 rings (SSSR count). The first-order chi connectivity index (χ1) is 13.2. The van der Waals surface area contributed by atoms with Crippen molar-refractivity contribution in [2.75, 3.05) is 13.7 Å². The van der Waals surface area contributed by atoms with Crippen LogP contribution in [-0.4, -0.2) is 31.7 Å².